The van der Waals surface area contributed by atoms with Crippen LogP contribution in [-0.4, -0.2) is 53.9 Å². The highest BCUT2D eigenvalue weighted by molar-refractivity contribution is 9.10. The maximum atomic E-state index is 11.9. The molecule has 92 valence electrons. The predicted molar refractivity (Wildman–Crippen MR) is 63.4 cm³/mol. The maximum Gasteiger partial charge on any atom is 0.245 e. The molecule has 1 heterocycles. The number of ether oxygens (including phenoxy) is 1. The van der Waals surface area contributed by atoms with Gasteiger partial charge in [0.05, 0.1) is 18.0 Å². The SMILES string of the molecule is CC(Br)C(=O)NC(C)C(=O)N1CCOCC1. The van der Waals surface area contributed by atoms with E-state index in [2.05, 4.69) is 21.2 Å². The van der Waals surface area contributed by atoms with Gasteiger partial charge in [0, 0.05) is 13.1 Å². The molecule has 1 fully saturated rings. The van der Waals surface area contributed by atoms with Crippen molar-refractivity contribution >= 4 is 27.7 Å². The van der Waals surface area contributed by atoms with Gasteiger partial charge >= 0.3 is 0 Å². The third-order valence-corrected chi connectivity index (χ3v) is 2.83. The number of nitrogens with zero attached hydrogens (tertiary/aromatic N) is 1. The normalized spacial score (nSPS) is 20.1. The topological polar surface area (TPSA) is 58.6 Å². The second kappa shape index (κ2) is 6.20. The molecule has 0 aromatic heterocycles. The third-order valence-electron chi connectivity index (χ3n) is 2.41. The fraction of sp³-hybridized carbons (Fsp3) is 0.800. The van der Waals surface area contributed by atoms with Crippen molar-refractivity contribution < 1.29 is 14.3 Å². The molecule has 5 nitrogen and oxygen atoms in total. The summed E-state index contributed by atoms with van der Waals surface area (Å²) in [6, 6.07) is -0.481. The monoisotopic (exact) mass is 292 g/mol. The third kappa shape index (κ3) is 3.75. The smallest absolute Gasteiger partial charge is 0.245 e. The van der Waals surface area contributed by atoms with Crippen LogP contribution >= 0.6 is 15.9 Å². The van der Waals surface area contributed by atoms with Crippen molar-refractivity contribution in [3.63, 3.8) is 0 Å². The average Bonchev–Trinajstić information content (AvgIpc) is 2.28. The van der Waals surface area contributed by atoms with Gasteiger partial charge in [0.1, 0.15) is 6.04 Å². The summed E-state index contributed by atoms with van der Waals surface area (Å²) in [6.45, 7) is 5.76. The van der Waals surface area contributed by atoms with Crippen molar-refractivity contribution in [3.8, 4) is 0 Å². The summed E-state index contributed by atoms with van der Waals surface area (Å²) < 4.78 is 5.16. The molecule has 2 unspecified atom stereocenters. The van der Waals surface area contributed by atoms with E-state index in [1.165, 1.54) is 0 Å². The number of alkyl halides is 1. The van der Waals surface area contributed by atoms with E-state index in [1.54, 1.807) is 18.7 Å². The molecule has 0 aromatic carbocycles. The number of morpholine rings is 1. The van der Waals surface area contributed by atoms with Gasteiger partial charge < -0.3 is 15.0 Å². The Balaban J connectivity index is 2.43. The fourth-order valence-electron chi connectivity index (χ4n) is 1.45. The van der Waals surface area contributed by atoms with Crippen LogP contribution in [0.25, 0.3) is 0 Å². The van der Waals surface area contributed by atoms with Gasteiger partial charge in [-0.15, -0.1) is 0 Å². The van der Waals surface area contributed by atoms with Crippen LogP contribution in [0.3, 0.4) is 0 Å². The van der Waals surface area contributed by atoms with Crippen LogP contribution in [-0.2, 0) is 14.3 Å². The molecular formula is C10H17BrN2O3. The molecule has 2 atom stereocenters. The molecule has 0 aliphatic carbocycles. The Morgan fingerprint density at radius 1 is 1.31 bits per heavy atom. The summed E-state index contributed by atoms with van der Waals surface area (Å²) in [6.07, 6.45) is 0. The minimum atomic E-state index is -0.481. The Morgan fingerprint density at radius 3 is 2.38 bits per heavy atom. The Bertz CT molecular complexity index is 265. The van der Waals surface area contributed by atoms with E-state index >= 15 is 0 Å². The van der Waals surface area contributed by atoms with Gasteiger partial charge in [-0.05, 0) is 13.8 Å². The predicted octanol–water partition coefficient (Wildman–Crippen LogP) is 0.133. The Kier molecular flexibility index (Phi) is 5.21. The van der Waals surface area contributed by atoms with Crippen molar-refractivity contribution in [2.45, 2.75) is 24.7 Å². The van der Waals surface area contributed by atoms with Crippen LogP contribution in [0.1, 0.15) is 13.8 Å². The van der Waals surface area contributed by atoms with Gasteiger partial charge in [-0.1, -0.05) is 15.9 Å². The molecule has 0 bridgehead atoms. The van der Waals surface area contributed by atoms with E-state index in [9.17, 15) is 9.59 Å². The lowest BCUT2D eigenvalue weighted by Gasteiger charge is -2.29. The van der Waals surface area contributed by atoms with Gasteiger partial charge in [-0.25, -0.2) is 0 Å². The van der Waals surface area contributed by atoms with E-state index in [4.69, 9.17) is 4.74 Å². The maximum absolute atomic E-state index is 11.9. The summed E-state index contributed by atoms with van der Waals surface area (Å²) in [5.41, 5.74) is 0. The van der Waals surface area contributed by atoms with Gasteiger partial charge in [0.25, 0.3) is 0 Å². The first-order valence-electron chi connectivity index (χ1n) is 5.33. The molecule has 6 heteroatoms. The summed E-state index contributed by atoms with van der Waals surface area (Å²) in [7, 11) is 0. The van der Waals surface area contributed by atoms with Crippen molar-refractivity contribution in [2.24, 2.45) is 0 Å². The molecule has 0 spiro atoms. The molecule has 1 rings (SSSR count). The first-order valence-corrected chi connectivity index (χ1v) is 6.25. The first kappa shape index (κ1) is 13.4. The van der Waals surface area contributed by atoms with Crippen LogP contribution < -0.4 is 5.32 Å². The molecule has 1 aliphatic rings. The second-order valence-electron chi connectivity index (χ2n) is 3.78. The Labute approximate surface area is 104 Å². The van der Waals surface area contributed by atoms with E-state index in [0.29, 0.717) is 26.3 Å². The quantitative estimate of drug-likeness (QED) is 0.753. The zero-order chi connectivity index (χ0) is 12.1. The number of nitrogens with one attached hydrogen (secondary N) is 1. The minimum Gasteiger partial charge on any atom is -0.378 e. The van der Waals surface area contributed by atoms with Crippen molar-refractivity contribution in [2.75, 3.05) is 26.3 Å². The molecule has 0 radical (unpaired) electrons. The number of rotatable bonds is 3. The standard InChI is InChI=1S/C10H17BrN2O3/c1-7(11)9(14)12-8(2)10(15)13-3-5-16-6-4-13/h7-8H,3-6H2,1-2H3,(H,12,14). The molecule has 2 amide bonds. The Hall–Kier alpha value is -0.620. The van der Waals surface area contributed by atoms with E-state index in [0.717, 1.165) is 0 Å². The number of halogens is 1. The molecule has 1 aliphatic heterocycles. The van der Waals surface area contributed by atoms with Gasteiger partial charge in [-0.3, -0.25) is 9.59 Å². The zero-order valence-electron chi connectivity index (χ0n) is 9.53. The lowest BCUT2D eigenvalue weighted by Crippen LogP contribution is -2.51. The lowest BCUT2D eigenvalue weighted by atomic mass is 10.2. The molecule has 1 saturated heterocycles. The Morgan fingerprint density at radius 2 is 1.88 bits per heavy atom. The van der Waals surface area contributed by atoms with Crippen LogP contribution in [0.5, 0.6) is 0 Å². The molecule has 0 saturated carbocycles. The number of amides is 2. The van der Waals surface area contributed by atoms with E-state index < -0.39 is 6.04 Å². The number of hydrogen-bond acceptors (Lipinski definition) is 3. The molecular weight excluding hydrogens is 276 g/mol. The van der Waals surface area contributed by atoms with Crippen LogP contribution in [0.2, 0.25) is 0 Å². The van der Waals surface area contributed by atoms with E-state index in [-0.39, 0.29) is 16.6 Å². The largest absolute Gasteiger partial charge is 0.378 e. The molecule has 16 heavy (non-hydrogen) atoms. The van der Waals surface area contributed by atoms with Gasteiger partial charge in [-0.2, -0.15) is 0 Å². The first-order chi connectivity index (χ1) is 7.52. The van der Waals surface area contributed by atoms with Gasteiger partial charge in [0.15, 0.2) is 0 Å². The highest BCUT2D eigenvalue weighted by Crippen LogP contribution is 2.02. The second-order valence-corrected chi connectivity index (χ2v) is 5.16. The molecule has 0 aromatic rings. The summed E-state index contributed by atoms with van der Waals surface area (Å²) in [5, 5.41) is 2.66. The van der Waals surface area contributed by atoms with Crippen molar-refractivity contribution in [1.29, 1.82) is 0 Å². The number of carbonyl (C=O) groups excluding carboxylic acids is 2. The average molecular weight is 293 g/mol. The van der Waals surface area contributed by atoms with Crippen molar-refractivity contribution in [1.82, 2.24) is 10.2 Å². The summed E-state index contributed by atoms with van der Waals surface area (Å²) in [4.78, 5) is 24.7. The van der Waals surface area contributed by atoms with Crippen molar-refractivity contribution in [3.05, 3.63) is 0 Å². The highest BCUT2D eigenvalue weighted by Gasteiger charge is 2.24. The minimum absolute atomic E-state index is 0.0511. The molecule has 1 N–H and O–H groups in total. The lowest BCUT2D eigenvalue weighted by molar-refractivity contribution is -0.139. The number of carbonyl (C=O) groups is 2. The highest BCUT2D eigenvalue weighted by atomic mass is 79.9. The summed E-state index contributed by atoms with van der Waals surface area (Å²) >= 11 is 3.16. The zero-order valence-corrected chi connectivity index (χ0v) is 11.1. The van der Waals surface area contributed by atoms with Gasteiger partial charge in [0.2, 0.25) is 11.8 Å². The van der Waals surface area contributed by atoms with Crippen LogP contribution in [0, 0.1) is 0 Å². The van der Waals surface area contributed by atoms with Crippen LogP contribution in [0.15, 0.2) is 0 Å². The van der Waals surface area contributed by atoms with E-state index in [1.807, 2.05) is 0 Å². The number of hydrogen-bond donors (Lipinski definition) is 1. The van der Waals surface area contributed by atoms with Crippen LogP contribution in [0.4, 0.5) is 0 Å². The fourth-order valence-corrected chi connectivity index (χ4v) is 1.58. The summed E-state index contributed by atoms with van der Waals surface area (Å²) in [5.74, 6) is -0.223.